The van der Waals surface area contributed by atoms with Crippen molar-refractivity contribution >= 4 is 22.2 Å². The quantitative estimate of drug-likeness (QED) is 0.912. The van der Waals surface area contributed by atoms with Crippen LogP contribution in [0, 0.1) is 0 Å². The number of anilines is 1. The molecular weight excluding hydrogens is 282 g/mol. The molecule has 1 N–H and O–H groups in total. The van der Waals surface area contributed by atoms with Gasteiger partial charge in [0.15, 0.2) is 0 Å². The van der Waals surface area contributed by atoms with Crippen LogP contribution in [0.3, 0.4) is 0 Å². The number of likely N-dealkylation sites (tertiary alicyclic amines) is 1. The molecule has 2 aliphatic rings. The summed E-state index contributed by atoms with van der Waals surface area (Å²) in [5.41, 5.74) is 2.25. The minimum atomic E-state index is 0.240. The van der Waals surface area contributed by atoms with Crippen molar-refractivity contribution in [3.05, 3.63) is 16.0 Å². The largest absolute Gasteiger partial charge is 0.379 e. The second kappa shape index (κ2) is 7.27. The van der Waals surface area contributed by atoms with Crippen molar-refractivity contribution in [2.75, 3.05) is 39.0 Å². The van der Waals surface area contributed by atoms with E-state index in [2.05, 4.69) is 17.3 Å². The molecule has 118 valence electrons. The van der Waals surface area contributed by atoms with E-state index in [1.54, 1.807) is 11.3 Å². The molecule has 2 aliphatic heterocycles. The summed E-state index contributed by atoms with van der Waals surface area (Å²) in [5.74, 6) is 0.240. The zero-order valence-electron chi connectivity index (χ0n) is 13.7. The predicted octanol–water partition coefficient (Wildman–Crippen LogP) is 3.04. The van der Waals surface area contributed by atoms with Gasteiger partial charge in [-0.15, -0.1) is 11.3 Å². The van der Waals surface area contributed by atoms with E-state index in [-0.39, 0.29) is 5.91 Å². The van der Waals surface area contributed by atoms with Gasteiger partial charge in [-0.05, 0) is 31.9 Å². The summed E-state index contributed by atoms with van der Waals surface area (Å²) in [5, 5.41) is 4.28. The number of nitrogens with one attached hydrogen (secondary N) is 1. The number of nitrogens with zero attached hydrogens (tertiary/aromatic N) is 2. The van der Waals surface area contributed by atoms with Crippen molar-refractivity contribution in [1.82, 2.24) is 9.80 Å². The third-order valence-electron chi connectivity index (χ3n) is 4.08. The van der Waals surface area contributed by atoms with Crippen molar-refractivity contribution in [1.29, 1.82) is 0 Å². The molecule has 0 unspecified atom stereocenters. The lowest BCUT2D eigenvalue weighted by Crippen LogP contribution is -2.31. The molecule has 4 nitrogen and oxygen atoms in total. The smallest absolute Gasteiger partial charge is 0.257 e. The minimum absolute atomic E-state index is 0.240. The third kappa shape index (κ3) is 3.24. The first kappa shape index (κ1) is 16.3. The van der Waals surface area contributed by atoms with E-state index in [1.165, 1.54) is 10.4 Å². The van der Waals surface area contributed by atoms with E-state index in [0.717, 1.165) is 56.0 Å². The van der Waals surface area contributed by atoms with E-state index >= 15 is 0 Å². The standard InChI is InChI=1S/C14H21N3OS.C2H6/c1-15-13-12(14(18)17-6-3-4-7-17)10-5-8-16(2)9-11(10)19-13;1-2/h15H,3-9H2,1-2H3;1-2H3. The van der Waals surface area contributed by atoms with Crippen LogP contribution in [0.15, 0.2) is 0 Å². The van der Waals surface area contributed by atoms with Crippen LogP contribution in [0.4, 0.5) is 5.00 Å². The molecule has 0 spiro atoms. The van der Waals surface area contributed by atoms with Gasteiger partial charge in [0.05, 0.1) is 5.56 Å². The van der Waals surface area contributed by atoms with Gasteiger partial charge in [0.1, 0.15) is 5.00 Å². The maximum Gasteiger partial charge on any atom is 0.257 e. The van der Waals surface area contributed by atoms with E-state index in [9.17, 15) is 4.79 Å². The molecular formula is C16H27N3OS. The molecule has 21 heavy (non-hydrogen) atoms. The molecule has 0 atom stereocenters. The van der Waals surface area contributed by atoms with Gasteiger partial charge in [0, 0.05) is 38.1 Å². The normalized spacial score (nSPS) is 18.0. The Morgan fingerprint density at radius 2 is 1.86 bits per heavy atom. The van der Waals surface area contributed by atoms with E-state index in [1.807, 2.05) is 25.8 Å². The SMILES string of the molecule is CC.CNc1sc2c(c1C(=O)N1CCCC1)CCN(C)C2. The summed E-state index contributed by atoms with van der Waals surface area (Å²) in [4.78, 5) is 18.4. The van der Waals surface area contributed by atoms with Crippen molar-refractivity contribution < 1.29 is 4.79 Å². The Morgan fingerprint density at radius 3 is 2.48 bits per heavy atom. The number of carbonyl (C=O) groups excluding carboxylic acids is 1. The summed E-state index contributed by atoms with van der Waals surface area (Å²) in [6.07, 6.45) is 3.30. The molecule has 0 radical (unpaired) electrons. The summed E-state index contributed by atoms with van der Waals surface area (Å²) in [7, 11) is 4.06. The Labute approximate surface area is 132 Å². The van der Waals surface area contributed by atoms with Crippen LogP contribution in [0.2, 0.25) is 0 Å². The van der Waals surface area contributed by atoms with Crippen molar-refractivity contribution in [3.8, 4) is 0 Å². The predicted molar refractivity (Wildman–Crippen MR) is 90.4 cm³/mol. The fraction of sp³-hybridized carbons (Fsp3) is 0.688. The minimum Gasteiger partial charge on any atom is -0.379 e. The van der Waals surface area contributed by atoms with Crippen LogP contribution in [0.1, 0.15) is 47.5 Å². The van der Waals surface area contributed by atoms with Crippen LogP contribution in [-0.4, -0.2) is 49.4 Å². The topological polar surface area (TPSA) is 35.6 Å². The Kier molecular flexibility index (Phi) is 5.65. The third-order valence-corrected chi connectivity index (χ3v) is 5.32. The number of carbonyl (C=O) groups is 1. The summed E-state index contributed by atoms with van der Waals surface area (Å²) in [6.45, 7) is 7.87. The lowest BCUT2D eigenvalue weighted by molar-refractivity contribution is 0.0792. The number of hydrogen-bond acceptors (Lipinski definition) is 4. The molecule has 1 amide bonds. The fourth-order valence-corrected chi connectivity index (χ4v) is 4.29. The van der Waals surface area contributed by atoms with Gasteiger partial charge in [-0.2, -0.15) is 0 Å². The highest BCUT2D eigenvalue weighted by Crippen LogP contribution is 2.37. The number of hydrogen-bond donors (Lipinski definition) is 1. The zero-order chi connectivity index (χ0) is 15.4. The van der Waals surface area contributed by atoms with Gasteiger partial charge < -0.3 is 15.1 Å². The Morgan fingerprint density at radius 1 is 1.19 bits per heavy atom. The van der Waals surface area contributed by atoms with Crippen LogP contribution < -0.4 is 5.32 Å². The molecule has 1 aromatic rings. The maximum atomic E-state index is 12.7. The monoisotopic (exact) mass is 309 g/mol. The lowest BCUT2D eigenvalue weighted by Gasteiger charge is -2.23. The highest BCUT2D eigenvalue weighted by Gasteiger charge is 2.30. The summed E-state index contributed by atoms with van der Waals surface area (Å²) >= 11 is 1.75. The Balaban J connectivity index is 0.000000774. The Hall–Kier alpha value is -1.07. The van der Waals surface area contributed by atoms with Gasteiger partial charge in [-0.3, -0.25) is 4.79 Å². The van der Waals surface area contributed by atoms with Crippen LogP contribution in [-0.2, 0) is 13.0 Å². The maximum absolute atomic E-state index is 12.7. The van der Waals surface area contributed by atoms with Crippen molar-refractivity contribution in [3.63, 3.8) is 0 Å². The van der Waals surface area contributed by atoms with Gasteiger partial charge in [0.2, 0.25) is 0 Å². The van der Waals surface area contributed by atoms with E-state index in [0.29, 0.717) is 0 Å². The molecule has 1 fully saturated rings. The molecule has 0 saturated carbocycles. The van der Waals surface area contributed by atoms with Crippen molar-refractivity contribution in [2.24, 2.45) is 0 Å². The molecule has 3 rings (SSSR count). The zero-order valence-corrected chi connectivity index (χ0v) is 14.5. The highest BCUT2D eigenvalue weighted by atomic mass is 32.1. The second-order valence-corrected chi connectivity index (χ2v) is 6.55. The van der Waals surface area contributed by atoms with Crippen LogP contribution in [0.25, 0.3) is 0 Å². The van der Waals surface area contributed by atoms with Crippen molar-refractivity contribution in [2.45, 2.75) is 39.7 Å². The van der Waals surface area contributed by atoms with Crippen LogP contribution >= 0.6 is 11.3 Å². The second-order valence-electron chi connectivity index (χ2n) is 5.45. The molecule has 1 saturated heterocycles. The highest BCUT2D eigenvalue weighted by molar-refractivity contribution is 7.16. The molecule has 0 bridgehead atoms. The van der Waals surface area contributed by atoms with Gasteiger partial charge >= 0.3 is 0 Å². The average molecular weight is 309 g/mol. The first-order chi connectivity index (χ1) is 10.2. The van der Waals surface area contributed by atoms with E-state index < -0.39 is 0 Å². The summed E-state index contributed by atoms with van der Waals surface area (Å²) < 4.78 is 0. The van der Waals surface area contributed by atoms with E-state index in [4.69, 9.17) is 0 Å². The lowest BCUT2D eigenvalue weighted by atomic mass is 10.0. The number of fused-ring (bicyclic) bond motifs is 1. The van der Waals surface area contributed by atoms with Gasteiger partial charge in [-0.25, -0.2) is 0 Å². The fourth-order valence-electron chi connectivity index (χ4n) is 3.01. The number of amides is 1. The number of thiophene rings is 1. The van der Waals surface area contributed by atoms with Gasteiger partial charge in [-0.1, -0.05) is 13.8 Å². The number of rotatable bonds is 2. The molecule has 5 heteroatoms. The summed E-state index contributed by atoms with van der Waals surface area (Å²) in [6, 6.07) is 0. The molecule has 0 aromatic carbocycles. The molecule has 3 heterocycles. The van der Waals surface area contributed by atoms with Gasteiger partial charge in [0.25, 0.3) is 5.91 Å². The Bertz CT molecular complexity index is 492. The first-order valence-corrected chi connectivity index (χ1v) is 8.82. The average Bonchev–Trinajstić information content (AvgIpc) is 3.15. The number of likely N-dealkylation sites (N-methyl/N-ethyl adjacent to an activating group) is 1. The van der Waals surface area contributed by atoms with Crippen LogP contribution in [0.5, 0.6) is 0 Å². The first-order valence-electron chi connectivity index (χ1n) is 8.01. The molecule has 0 aliphatic carbocycles. The molecule has 1 aromatic heterocycles.